The molecule has 0 aliphatic carbocycles. The number of aromatic nitrogens is 2. The Labute approximate surface area is 106 Å². The van der Waals surface area contributed by atoms with E-state index in [1.807, 2.05) is 38.1 Å². The maximum atomic E-state index is 5.11. The van der Waals surface area contributed by atoms with Crippen LogP contribution in [0.5, 0.6) is 5.75 Å². The van der Waals surface area contributed by atoms with Gasteiger partial charge in [-0.3, -0.25) is 0 Å². The summed E-state index contributed by atoms with van der Waals surface area (Å²) in [5, 5.41) is 7.00. The fourth-order valence-corrected chi connectivity index (χ4v) is 1.56. The third-order valence-electron chi connectivity index (χ3n) is 2.40. The van der Waals surface area contributed by atoms with Gasteiger partial charge in [0.25, 0.3) is 0 Å². The third kappa shape index (κ3) is 3.23. The molecule has 0 aliphatic heterocycles. The van der Waals surface area contributed by atoms with Crippen molar-refractivity contribution in [3.8, 4) is 5.75 Å². The number of hydrogen-bond acceptors (Lipinski definition) is 5. The average molecular weight is 247 g/mol. The van der Waals surface area contributed by atoms with E-state index in [-0.39, 0.29) is 6.04 Å². The van der Waals surface area contributed by atoms with Gasteiger partial charge < -0.3 is 14.6 Å². The van der Waals surface area contributed by atoms with Crippen molar-refractivity contribution >= 4 is 6.01 Å². The SMILES string of the molecule is COc1ccc(Cc2noc(NC(C)C)n2)cc1. The van der Waals surface area contributed by atoms with E-state index in [1.165, 1.54) is 0 Å². The highest BCUT2D eigenvalue weighted by Crippen LogP contribution is 2.14. The van der Waals surface area contributed by atoms with Crippen LogP contribution in [0.2, 0.25) is 0 Å². The van der Waals surface area contributed by atoms with Gasteiger partial charge in [0.1, 0.15) is 5.75 Å². The Morgan fingerprint density at radius 1 is 1.28 bits per heavy atom. The van der Waals surface area contributed by atoms with Crippen LogP contribution in [-0.2, 0) is 6.42 Å². The Hall–Kier alpha value is -2.04. The molecule has 0 saturated carbocycles. The zero-order chi connectivity index (χ0) is 13.0. The fraction of sp³-hybridized carbons (Fsp3) is 0.385. The van der Waals surface area contributed by atoms with Gasteiger partial charge in [0, 0.05) is 12.5 Å². The zero-order valence-electron chi connectivity index (χ0n) is 10.8. The maximum Gasteiger partial charge on any atom is 0.321 e. The molecule has 1 aromatic carbocycles. The first-order chi connectivity index (χ1) is 8.67. The van der Waals surface area contributed by atoms with E-state index in [4.69, 9.17) is 9.26 Å². The van der Waals surface area contributed by atoms with Crippen LogP contribution in [0.4, 0.5) is 6.01 Å². The van der Waals surface area contributed by atoms with Gasteiger partial charge in [-0.25, -0.2) is 0 Å². The summed E-state index contributed by atoms with van der Waals surface area (Å²) in [6.07, 6.45) is 0.646. The second kappa shape index (κ2) is 5.53. The molecule has 0 fully saturated rings. The van der Waals surface area contributed by atoms with E-state index in [1.54, 1.807) is 7.11 Å². The van der Waals surface area contributed by atoms with Crippen molar-refractivity contribution in [3.63, 3.8) is 0 Å². The number of hydrogen-bond donors (Lipinski definition) is 1. The van der Waals surface area contributed by atoms with Gasteiger partial charge in [-0.05, 0) is 31.5 Å². The highest BCUT2D eigenvalue weighted by molar-refractivity contribution is 5.29. The lowest BCUT2D eigenvalue weighted by Gasteiger charge is -2.02. The summed E-state index contributed by atoms with van der Waals surface area (Å²) in [5.41, 5.74) is 1.12. The lowest BCUT2D eigenvalue weighted by molar-refractivity contribution is 0.414. The van der Waals surface area contributed by atoms with E-state index in [9.17, 15) is 0 Å². The van der Waals surface area contributed by atoms with Crippen molar-refractivity contribution in [1.29, 1.82) is 0 Å². The molecule has 0 amide bonds. The van der Waals surface area contributed by atoms with Gasteiger partial charge in [0.15, 0.2) is 5.82 Å². The molecule has 5 nitrogen and oxygen atoms in total. The minimum absolute atomic E-state index is 0.277. The quantitative estimate of drug-likeness (QED) is 0.879. The summed E-state index contributed by atoms with van der Waals surface area (Å²) < 4.78 is 10.2. The molecule has 2 aromatic rings. The van der Waals surface area contributed by atoms with Gasteiger partial charge in [-0.2, -0.15) is 4.98 Å². The molecule has 0 atom stereocenters. The van der Waals surface area contributed by atoms with Crippen molar-refractivity contribution in [2.45, 2.75) is 26.3 Å². The second-order valence-corrected chi connectivity index (χ2v) is 4.34. The molecule has 18 heavy (non-hydrogen) atoms. The van der Waals surface area contributed by atoms with E-state index >= 15 is 0 Å². The van der Waals surface area contributed by atoms with Crippen molar-refractivity contribution in [2.24, 2.45) is 0 Å². The third-order valence-corrected chi connectivity index (χ3v) is 2.40. The van der Waals surface area contributed by atoms with Crippen molar-refractivity contribution in [2.75, 3.05) is 12.4 Å². The van der Waals surface area contributed by atoms with E-state index in [0.29, 0.717) is 18.3 Å². The van der Waals surface area contributed by atoms with Crippen LogP contribution in [0.25, 0.3) is 0 Å². The molecule has 0 unspecified atom stereocenters. The van der Waals surface area contributed by atoms with Crippen molar-refractivity contribution < 1.29 is 9.26 Å². The number of methoxy groups -OCH3 is 1. The topological polar surface area (TPSA) is 60.2 Å². The molecular weight excluding hydrogens is 230 g/mol. The van der Waals surface area contributed by atoms with Crippen LogP contribution >= 0.6 is 0 Å². The Balaban J connectivity index is 2.01. The first-order valence-electron chi connectivity index (χ1n) is 5.89. The number of nitrogens with one attached hydrogen (secondary N) is 1. The van der Waals surface area contributed by atoms with Crippen molar-refractivity contribution in [1.82, 2.24) is 10.1 Å². The van der Waals surface area contributed by atoms with Crippen molar-refractivity contribution in [3.05, 3.63) is 35.7 Å². The highest BCUT2D eigenvalue weighted by atomic mass is 16.5. The lowest BCUT2D eigenvalue weighted by Crippen LogP contribution is -2.09. The van der Waals surface area contributed by atoms with E-state index in [2.05, 4.69) is 15.5 Å². The molecule has 1 aromatic heterocycles. The largest absolute Gasteiger partial charge is 0.497 e. The minimum Gasteiger partial charge on any atom is -0.497 e. The van der Waals surface area contributed by atoms with E-state index in [0.717, 1.165) is 11.3 Å². The molecule has 0 aliphatic rings. The summed E-state index contributed by atoms with van der Waals surface area (Å²) >= 11 is 0. The molecule has 96 valence electrons. The van der Waals surface area contributed by atoms with Gasteiger partial charge in [0.05, 0.1) is 7.11 Å². The molecule has 5 heteroatoms. The number of anilines is 1. The Bertz CT molecular complexity index is 491. The predicted molar refractivity (Wildman–Crippen MR) is 68.9 cm³/mol. The molecule has 0 radical (unpaired) electrons. The normalized spacial score (nSPS) is 10.7. The maximum absolute atomic E-state index is 5.11. The summed E-state index contributed by atoms with van der Waals surface area (Å²) in [7, 11) is 1.65. The average Bonchev–Trinajstić information content (AvgIpc) is 2.76. The van der Waals surface area contributed by atoms with Gasteiger partial charge in [0.2, 0.25) is 0 Å². The first-order valence-corrected chi connectivity index (χ1v) is 5.89. The van der Waals surface area contributed by atoms with Gasteiger partial charge >= 0.3 is 6.01 Å². The van der Waals surface area contributed by atoms with Crippen LogP contribution in [0, 0.1) is 0 Å². The van der Waals surface area contributed by atoms with Crippen LogP contribution in [0.3, 0.4) is 0 Å². The minimum atomic E-state index is 0.277. The molecule has 0 bridgehead atoms. The molecular formula is C13H17N3O2. The number of ether oxygens (including phenoxy) is 1. The molecule has 0 spiro atoms. The molecule has 1 N–H and O–H groups in total. The van der Waals surface area contributed by atoms with E-state index < -0.39 is 0 Å². The Kier molecular flexibility index (Phi) is 3.82. The monoisotopic (exact) mass is 247 g/mol. The highest BCUT2D eigenvalue weighted by Gasteiger charge is 2.07. The van der Waals surface area contributed by atoms with Crippen LogP contribution in [-0.4, -0.2) is 23.3 Å². The summed E-state index contributed by atoms with van der Waals surface area (Å²) in [5.74, 6) is 1.51. The van der Waals surface area contributed by atoms with Crippen LogP contribution in [0.15, 0.2) is 28.8 Å². The van der Waals surface area contributed by atoms with Crippen LogP contribution < -0.4 is 10.1 Å². The second-order valence-electron chi connectivity index (χ2n) is 4.34. The Morgan fingerprint density at radius 2 is 2.00 bits per heavy atom. The molecule has 2 rings (SSSR count). The molecule has 1 heterocycles. The standard InChI is InChI=1S/C13H17N3O2/c1-9(2)14-13-15-12(16-18-13)8-10-4-6-11(17-3)7-5-10/h4-7,9H,8H2,1-3H3,(H,14,15,16). The zero-order valence-corrected chi connectivity index (χ0v) is 10.8. The van der Waals surface area contributed by atoms with Gasteiger partial charge in [-0.15, -0.1) is 0 Å². The molecule has 0 saturated heterocycles. The fourth-order valence-electron chi connectivity index (χ4n) is 1.56. The smallest absolute Gasteiger partial charge is 0.321 e. The summed E-state index contributed by atoms with van der Waals surface area (Å²) in [6, 6.07) is 8.56. The summed E-state index contributed by atoms with van der Waals surface area (Å²) in [6.45, 7) is 4.04. The number of benzene rings is 1. The Morgan fingerprint density at radius 3 is 2.61 bits per heavy atom. The summed E-state index contributed by atoms with van der Waals surface area (Å²) in [4.78, 5) is 4.27. The lowest BCUT2D eigenvalue weighted by atomic mass is 10.1. The van der Waals surface area contributed by atoms with Crippen LogP contribution in [0.1, 0.15) is 25.2 Å². The first kappa shape index (κ1) is 12.4. The predicted octanol–water partition coefficient (Wildman–Crippen LogP) is 2.49. The number of nitrogens with zero attached hydrogens (tertiary/aromatic N) is 2. The number of rotatable bonds is 5. The van der Waals surface area contributed by atoms with Gasteiger partial charge in [-0.1, -0.05) is 17.3 Å².